The van der Waals surface area contributed by atoms with Crippen LogP contribution >= 0.6 is 12.2 Å². The number of nitrogens with zero attached hydrogens (tertiary/aromatic N) is 3. The Labute approximate surface area is 191 Å². The zero-order valence-corrected chi connectivity index (χ0v) is 18.2. The van der Waals surface area contributed by atoms with Crippen molar-refractivity contribution in [3.63, 3.8) is 0 Å². The first kappa shape index (κ1) is 20.2. The van der Waals surface area contributed by atoms with Crippen LogP contribution in [0.2, 0.25) is 0 Å². The van der Waals surface area contributed by atoms with Gasteiger partial charge in [0, 0.05) is 23.8 Å². The van der Waals surface area contributed by atoms with Gasteiger partial charge in [0.15, 0.2) is 5.11 Å². The number of pyridine rings is 1. The molecule has 0 aliphatic carbocycles. The Bertz CT molecular complexity index is 1260. The van der Waals surface area contributed by atoms with Crippen molar-refractivity contribution in [2.45, 2.75) is 12.1 Å². The predicted octanol–water partition coefficient (Wildman–Crippen LogP) is 5.20. The topological polar surface area (TPSA) is 42.3 Å². The summed E-state index contributed by atoms with van der Waals surface area (Å²) in [5.74, 6) is 0.428. The van der Waals surface area contributed by atoms with E-state index in [1.54, 1.807) is 19.4 Å². The quantitative estimate of drug-likeness (QED) is 0.429. The molecule has 7 heteroatoms. The standard InChI is InChI=1S/C25H21FN4OS/c1-31-22-13-3-2-11-20(22)30-24(23(28-25(30)32)19-10-4-5-14-27-19)21-12-7-15-29(21)18-9-6-8-17(26)16-18/h2-16,23-24H,1H3,(H,28,32)/t23-,24+/m1/s1. The van der Waals surface area contributed by atoms with Crippen molar-refractivity contribution in [2.24, 2.45) is 0 Å². The number of para-hydroxylation sites is 2. The molecule has 1 saturated heterocycles. The fraction of sp³-hybridized carbons (Fsp3) is 0.120. The van der Waals surface area contributed by atoms with Crippen LogP contribution < -0.4 is 15.0 Å². The zero-order chi connectivity index (χ0) is 22.1. The molecule has 0 bridgehead atoms. The van der Waals surface area contributed by atoms with Crippen molar-refractivity contribution in [3.05, 3.63) is 108 Å². The van der Waals surface area contributed by atoms with E-state index in [0.717, 1.165) is 22.8 Å². The first-order valence-corrected chi connectivity index (χ1v) is 10.6. The molecule has 3 heterocycles. The lowest BCUT2D eigenvalue weighted by atomic mass is 10.0. The van der Waals surface area contributed by atoms with Gasteiger partial charge in [0.2, 0.25) is 0 Å². The summed E-state index contributed by atoms with van der Waals surface area (Å²) in [5, 5.41) is 4.02. The summed E-state index contributed by atoms with van der Waals surface area (Å²) in [5.41, 5.74) is 3.40. The number of benzene rings is 2. The van der Waals surface area contributed by atoms with Crippen molar-refractivity contribution in [1.82, 2.24) is 14.9 Å². The van der Waals surface area contributed by atoms with Gasteiger partial charge in [-0.25, -0.2) is 4.39 Å². The number of hydrogen-bond acceptors (Lipinski definition) is 3. The number of rotatable bonds is 5. The van der Waals surface area contributed by atoms with E-state index in [4.69, 9.17) is 17.0 Å². The minimum absolute atomic E-state index is 0.212. The minimum Gasteiger partial charge on any atom is -0.495 e. The van der Waals surface area contributed by atoms with Crippen molar-refractivity contribution >= 4 is 23.0 Å². The zero-order valence-electron chi connectivity index (χ0n) is 17.4. The molecule has 2 aromatic heterocycles. The van der Waals surface area contributed by atoms with E-state index in [9.17, 15) is 4.39 Å². The molecule has 160 valence electrons. The molecule has 5 nitrogen and oxygen atoms in total. The maximum Gasteiger partial charge on any atom is 0.174 e. The molecule has 2 atom stereocenters. The number of halogens is 1. The van der Waals surface area contributed by atoms with E-state index in [-0.39, 0.29) is 17.9 Å². The number of anilines is 1. The molecule has 32 heavy (non-hydrogen) atoms. The van der Waals surface area contributed by atoms with Crippen molar-refractivity contribution < 1.29 is 9.13 Å². The Morgan fingerprint density at radius 1 is 1.00 bits per heavy atom. The lowest BCUT2D eigenvalue weighted by molar-refractivity contribution is 0.414. The molecule has 0 amide bonds. The lowest BCUT2D eigenvalue weighted by Gasteiger charge is -2.29. The Kier molecular flexibility index (Phi) is 5.33. The summed E-state index contributed by atoms with van der Waals surface area (Å²) in [4.78, 5) is 6.65. The molecule has 5 rings (SSSR count). The second kappa shape index (κ2) is 8.43. The monoisotopic (exact) mass is 444 g/mol. The number of hydrogen-bond donors (Lipinski definition) is 1. The smallest absolute Gasteiger partial charge is 0.174 e. The molecule has 1 aliphatic heterocycles. The Morgan fingerprint density at radius 2 is 1.84 bits per heavy atom. The van der Waals surface area contributed by atoms with Gasteiger partial charge in [0.25, 0.3) is 0 Å². The fourth-order valence-corrected chi connectivity index (χ4v) is 4.58. The molecule has 0 saturated carbocycles. The van der Waals surface area contributed by atoms with Gasteiger partial charge in [0.05, 0.1) is 24.5 Å². The molecule has 0 spiro atoms. The number of nitrogens with one attached hydrogen (secondary N) is 1. The number of aromatic nitrogens is 2. The van der Waals surface area contributed by atoms with Gasteiger partial charge >= 0.3 is 0 Å². The third-order valence-corrected chi connectivity index (χ3v) is 5.93. The van der Waals surface area contributed by atoms with Crippen molar-refractivity contribution in [1.29, 1.82) is 0 Å². The maximum absolute atomic E-state index is 14.0. The highest BCUT2D eigenvalue weighted by Crippen LogP contribution is 2.44. The second-order valence-electron chi connectivity index (χ2n) is 7.45. The van der Waals surface area contributed by atoms with Gasteiger partial charge in [-0.15, -0.1) is 0 Å². The summed E-state index contributed by atoms with van der Waals surface area (Å²) in [6.45, 7) is 0. The number of thiocarbonyl (C=S) groups is 1. The molecule has 4 aromatic rings. The fourth-order valence-electron chi connectivity index (χ4n) is 4.24. The van der Waals surface area contributed by atoms with Gasteiger partial charge in [-0.3, -0.25) is 4.98 Å². The largest absolute Gasteiger partial charge is 0.495 e. The van der Waals surface area contributed by atoms with E-state index in [2.05, 4.69) is 15.2 Å². The second-order valence-corrected chi connectivity index (χ2v) is 7.84. The summed E-state index contributed by atoms with van der Waals surface area (Å²) in [7, 11) is 1.64. The van der Waals surface area contributed by atoms with E-state index < -0.39 is 0 Å². The van der Waals surface area contributed by atoms with Crippen LogP contribution in [0, 0.1) is 5.82 Å². The maximum atomic E-state index is 14.0. The Balaban J connectivity index is 1.70. The van der Waals surface area contributed by atoms with Crippen molar-refractivity contribution in [2.75, 3.05) is 12.0 Å². The van der Waals surface area contributed by atoms with Gasteiger partial charge in [0.1, 0.15) is 17.6 Å². The lowest BCUT2D eigenvalue weighted by Crippen LogP contribution is -2.30. The van der Waals surface area contributed by atoms with Crippen LogP contribution in [0.1, 0.15) is 23.5 Å². The van der Waals surface area contributed by atoms with Gasteiger partial charge in [-0.05, 0) is 66.8 Å². The molecular formula is C25H21FN4OS. The normalized spacial score (nSPS) is 17.9. The first-order valence-electron chi connectivity index (χ1n) is 10.2. The predicted molar refractivity (Wildman–Crippen MR) is 127 cm³/mol. The van der Waals surface area contributed by atoms with E-state index >= 15 is 0 Å². The Morgan fingerprint density at radius 3 is 2.62 bits per heavy atom. The third kappa shape index (κ3) is 3.50. The molecular weight excluding hydrogens is 423 g/mol. The van der Waals surface area contributed by atoms with E-state index in [1.807, 2.05) is 71.4 Å². The molecule has 1 aliphatic rings. The summed E-state index contributed by atoms with van der Waals surface area (Å²) < 4.78 is 21.7. The van der Waals surface area contributed by atoms with Crippen molar-refractivity contribution in [3.8, 4) is 11.4 Å². The van der Waals surface area contributed by atoms with Crippen LogP contribution in [0.15, 0.2) is 91.3 Å². The SMILES string of the molecule is COc1ccccc1N1C(=S)N[C@H](c2ccccn2)[C@@H]1c1cccn1-c1cccc(F)c1. The van der Waals surface area contributed by atoms with Crippen LogP contribution in [-0.2, 0) is 0 Å². The van der Waals surface area contributed by atoms with Gasteiger partial charge < -0.3 is 19.5 Å². The van der Waals surface area contributed by atoms with Gasteiger partial charge in [-0.2, -0.15) is 0 Å². The van der Waals surface area contributed by atoms with Crippen LogP contribution in [0.4, 0.5) is 10.1 Å². The third-order valence-electron chi connectivity index (χ3n) is 5.61. The molecule has 1 fully saturated rings. The minimum atomic E-state index is -0.287. The van der Waals surface area contributed by atoms with Crippen LogP contribution in [0.25, 0.3) is 5.69 Å². The van der Waals surface area contributed by atoms with Gasteiger partial charge in [-0.1, -0.05) is 24.3 Å². The van der Waals surface area contributed by atoms with Crippen LogP contribution in [0.3, 0.4) is 0 Å². The Hall–Kier alpha value is -3.71. The molecule has 1 N–H and O–H groups in total. The summed E-state index contributed by atoms with van der Waals surface area (Å²) >= 11 is 5.80. The number of ether oxygens (including phenoxy) is 1. The van der Waals surface area contributed by atoms with Crippen LogP contribution in [-0.4, -0.2) is 21.8 Å². The number of methoxy groups -OCH3 is 1. The van der Waals surface area contributed by atoms with E-state index in [0.29, 0.717) is 10.9 Å². The highest BCUT2D eigenvalue weighted by molar-refractivity contribution is 7.80. The van der Waals surface area contributed by atoms with E-state index in [1.165, 1.54) is 12.1 Å². The first-order chi connectivity index (χ1) is 15.7. The van der Waals surface area contributed by atoms with Crippen LogP contribution in [0.5, 0.6) is 5.75 Å². The average molecular weight is 445 g/mol. The summed E-state index contributed by atoms with van der Waals surface area (Å²) in [6, 6.07) is 23.7. The molecule has 2 aromatic carbocycles. The summed E-state index contributed by atoms with van der Waals surface area (Å²) in [6.07, 6.45) is 3.70. The average Bonchev–Trinajstić information content (AvgIpc) is 3.44. The molecule has 0 unspecified atom stereocenters. The highest BCUT2D eigenvalue weighted by Gasteiger charge is 2.43. The molecule has 0 radical (unpaired) electrons. The highest BCUT2D eigenvalue weighted by atomic mass is 32.1.